The molecule has 67 heavy (non-hydrogen) atoms. The molecule has 1 aliphatic heterocycles. The average molecular weight is 920 g/mol. The van der Waals surface area contributed by atoms with Crippen LogP contribution in [-0.2, 0) is 31.0 Å². The van der Waals surface area contributed by atoms with E-state index in [1.807, 2.05) is 30.3 Å². The van der Waals surface area contributed by atoms with Gasteiger partial charge in [-0.25, -0.2) is 9.97 Å². The zero-order valence-electron chi connectivity index (χ0n) is 39.0. The molecule has 1 aromatic heterocycles. The van der Waals surface area contributed by atoms with E-state index in [-0.39, 0.29) is 97.2 Å². The van der Waals surface area contributed by atoms with Crippen LogP contribution in [0.2, 0.25) is 0 Å². The lowest BCUT2D eigenvalue weighted by molar-refractivity contribution is -0.141. The molecule has 5 amide bonds. The Morgan fingerprint density at radius 2 is 1.55 bits per heavy atom. The molecule has 4 atom stereocenters. The molecule has 0 saturated heterocycles. The van der Waals surface area contributed by atoms with E-state index in [4.69, 9.17) is 26.7 Å². The van der Waals surface area contributed by atoms with E-state index in [1.165, 1.54) is 20.0 Å². The minimum atomic E-state index is -1.48. The maximum Gasteiger partial charge on any atom is 0.255 e. The molecule has 5 rings (SSSR count). The normalized spacial score (nSPS) is 16.6. The molecule has 0 unspecified atom stereocenters. The number of aromatic nitrogens is 2. The zero-order chi connectivity index (χ0) is 49.2. The van der Waals surface area contributed by atoms with Gasteiger partial charge in [-0.2, -0.15) is 5.26 Å². The highest BCUT2D eigenvalue weighted by molar-refractivity contribution is 6.00. The predicted molar refractivity (Wildman–Crippen MR) is 251 cm³/mol. The monoisotopic (exact) mass is 919 g/mol. The number of hydrogen-bond donors (Lipinski definition) is 8. The Bertz CT molecular complexity index is 2500. The van der Waals surface area contributed by atoms with Crippen molar-refractivity contribution in [2.75, 3.05) is 46.4 Å². The lowest BCUT2D eigenvalue weighted by Crippen LogP contribution is -2.56. The third-order valence-electron chi connectivity index (χ3n) is 11.2. The summed E-state index contributed by atoms with van der Waals surface area (Å²) in [5, 5.41) is 31.5. The van der Waals surface area contributed by atoms with Crippen molar-refractivity contribution in [3.63, 3.8) is 0 Å². The highest BCUT2D eigenvalue weighted by Gasteiger charge is 2.37. The lowest BCUT2D eigenvalue weighted by atomic mass is 9.86. The second kappa shape index (κ2) is 22.4. The van der Waals surface area contributed by atoms with Gasteiger partial charge in [0, 0.05) is 43.2 Å². The molecule has 0 fully saturated rings. The van der Waals surface area contributed by atoms with Crippen LogP contribution in [0, 0.1) is 25.2 Å². The molecule has 11 N–H and O–H groups in total. The van der Waals surface area contributed by atoms with Gasteiger partial charge in [-0.3, -0.25) is 24.0 Å². The van der Waals surface area contributed by atoms with Crippen molar-refractivity contribution in [2.24, 2.45) is 17.2 Å². The summed E-state index contributed by atoms with van der Waals surface area (Å²) in [7, 11) is 1.38. The smallest absolute Gasteiger partial charge is 0.255 e. The van der Waals surface area contributed by atoms with Gasteiger partial charge in [-0.1, -0.05) is 51.1 Å². The Hall–Kier alpha value is -7.14. The Kier molecular flexibility index (Phi) is 17.0. The quantitative estimate of drug-likeness (QED) is 0.0791. The second-order valence-electron chi connectivity index (χ2n) is 17.3. The minimum absolute atomic E-state index is 0.00155. The van der Waals surface area contributed by atoms with Gasteiger partial charge >= 0.3 is 0 Å². The molecule has 4 aromatic rings. The first-order chi connectivity index (χ1) is 31.8. The van der Waals surface area contributed by atoms with E-state index in [9.17, 15) is 34.3 Å². The van der Waals surface area contributed by atoms with Gasteiger partial charge in [0.2, 0.25) is 23.6 Å². The number of nitrogens with two attached hydrogens (primary N) is 3. The first-order valence-corrected chi connectivity index (χ1v) is 22.0. The fourth-order valence-corrected chi connectivity index (χ4v) is 7.71. The summed E-state index contributed by atoms with van der Waals surface area (Å²) < 4.78 is 11.9. The summed E-state index contributed by atoms with van der Waals surface area (Å²) >= 11 is 0. The van der Waals surface area contributed by atoms with Gasteiger partial charge in [-0.05, 0) is 80.1 Å². The van der Waals surface area contributed by atoms with Crippen molar-refractivity contribution in [3.8, 4) is 45.8 Å². The zero-order valence-corrected chi connectivity index (χ0v) is 39.0. The molecule has 356 valence electrons. The number of nitrogens with zero attached hydrogens (tertiary/aromatic N) is 4. The van der Waals surface area contributed by atoms with E-state index in [0.717, 1.165) is 16.0 Å². The summed E-state index contributed by atoms with van der Waals surface area (Å²) in [4.78, 5) is 81.0. The summed E-state index contributed by atoms with van der Waals surface area (Å²) in [6.45, 7) is 11.1. The van der Waals surface area contributed by atoms with E-state index < -0.39 is 53.7 Å². The molecule has 1 aliphatic rings. The summed E-state index contributed by atoms with van der Waals surface area (Å²) in [6, 6.07) is 12.2. The number of amides is 5. The highest BCUT2D eigenvalue weighted by Crippen LogP contribution is 2.44. The van der Waals surface area contributed by atoms with Crippen LogP contribution in [0.3, 0.4) is 0 Å². The Labute approximate surface area is 390 Å². The molecule has 0 spiro atoms. The van der Waals surface area contributed by atoms with Crippen LogP contribution in [-0.4, -0.2) is 114 Å². The second-order valence-corrected chi connectivity index (χ2v) is 17.3. The number of phenolic OH excluding ortho intramolecular Hbond substituents is 1. The number of phenols is 1. The topological polar surface area (TPSA) is 303 Å². The fraction of sp³-hybridized carbons (Fsp3) is 0.417. The number of ether oxygens (including phenoxy) is 2. The molecule has 0 aliphatic carbocycles. The number of rotatable bonds is 15. The summed E-state index contributed by atoms with van der Waals surface area (Å²) in [5.41, 5.74) is 21.4. The SMILES string of the molecule is Cc1nc(-c2ccc(C(C)(C)C)cc2)nc(C)c1C(=O)N[C@@H](CCN)C(=O)N(C)[C@@H]1C(=O)N[C@@H](C)C(=O)N[C@H](C(=O)NCC#N)Cc2cc(OCCN)c(O)c(c2)-c2cc1ccc2OCCN. The van der Waals surface area contributed by atoms with Gasteiger partial charge < -0.3 is 57.9 Å². The van der Waals surface area contributed by atoms with E-state index in [0.29, 0.717) is 22.8 Å². The molecular weight excluding hydrogens is 859 g/mol. The highest BCUT2D eigenvalue weighted by atomic mass is 16.5. The first-order valence-electron chi connectivity index (χ1n) is 22.0. The summed E-state index contributed by atoms with van der Waals surface area (Å²) in [5.74, 6) is -3.26. The molecule has 19 nitrogen and oxygen atoms in total. The lowest BCUT2D eigenvalue weighted by Gasteiger charge is -2.32. The van der Waals surface area contributed by atoms with E-state index in [2.05, 4.69) is 52.0 Å². The van der Waals surface area contributed by atoms with Gasteiger partial charge in [0.05, 0.1) is 23.0 Å². The summed E-state index contributed by atoms with van der Waals surface area (Å²) in [6.07, 6.45) is -0.165. The van der Waals surface area contributed by atoms with Crippen LogP contribution in [0.1, 0.15) is 78.6 Å². The van der Waals surface area contributed by atoms with Crippen LogP contribution in [0.15, 0.2) is 54.6 Å². The van der Waals surface area contributed by atoms with Gasteiger partial charge in [0.25, 0.3) is 5.91 Å². The van der Waals surface area contributed by atoms with Crippen LogP contribution in [0.25, 0.3) is 22.5 Å². The third-order valence-corrected chi connectivity index (χ3v) is 11.2. The van der Waals surface area contributed by atoms with Crippen LogP contribution < -0.4 is 47.9 Å². The minimum Gasteiger partial charge on any atom is -0.504 e. The largest absolute Gasteiger partial charge is 0.504 e. The van der Waals surface area contributed by atoms with E-state index >= 15 is 0 Å². The Morgan fingerprint density at radius 3 is 2.15 bits per heavy atom. The average Bonchev–Trinajstić information content (AvgIpc) is 3.28. The maximum atomic E-state index is 14.7. The number of likely N-dealkylation sites (N-methyl/N-ethyl adjacent to an activating group) is 1. The molecule has 0 radical (unpaired) electrons. The van der Waals surface area contributed by atoms with Gasteiger partial charge in [0.1, 0.15) is 49.7 Å². The van der Waals surface area contributed by atoms with Crippen molar-refractivity contribution >= 4 is 29.5 Å². The van der Waals surface area contributed by atoms with Crippen LogP contribution >= 0.6 is 0 Å². The first kappa shape index (κ1) is 50.9. The number of benzene rings is 3. The third kappa shape index (κ3) is 12.2. The fourth-order valence-electron chi connectivity index (χ4n) is 7.71. The van der Waals surface area contributed by atoms with Crippen molar-refractivity contribution < 1.29 is 38.6 Å². The number of nitrogens with one attached hydrogen (secondary N) is 4. The van der Waals surface area contributed by atoms with E-state index in [1.54, 1.807) is 38.1 Å². The Balaban J connectivity index is 1.59. The van der Waals surface area contributed by atoms with Crippen molar-refractivity contribution in [1.82, 2.24) is 36.1 Å². The molecule has 4 bridgehead atoms. The number of carbonyl (C=O) groups excluding carboxylic acids is 5. The van der Waals surface area contributed by atoms with Crippen molar-refractivity contribution in [2.45, 2.75) is 84.0 Å². The van der Waals surface area contributed by atoms with Crippen LogP contribution in [0.4, 0.5) is 0 Å². The Morgan fingerprint density at radius 1 is 0.910 bits per heavy atom. The predicted octanol–water partition coefficient (Wildman–Crippen LogP) is 1.94. The molecule has 19 heteroatoms. The molecular formula is C48H61N11O8. The molecule has 3 aromatic carbocycles. The molecule has 0 saturated carbocycles. The number of carbonyl (C=O) groups is 5. The number of fused-ring (bicyclic) bond motifs is 5. The van der Waals surface area contributed by atoms with Crippen molar-refractivity contribution in [1.29, 1.82) is 5.26 Å². The maximum absolute atomic E-state index is 14.7. The standard InChI is InChI=1S/C48H61N11O8/c1-26-39(27(2)55-42(54-26)30-8-11-32(12-9-30)48(4,5)6)45(63)57-35(14-15-49)47(65)59(7)40-31-10-13-37(66-20-17-51)33(25-31)34-22-29(24-38(41(34)60)67-21-18-52)23-36(44(62)53-19-16-50)58-43(61)28(3)56-46(40)64/h8-13,22,24-25,28,35-36,40,60H,14-15,17-21,23,49,51-52H2,1-7H3,(H,53,62)(H,56,64)(H,57,63)(H,58,61)/t28-,35-,36-,40-/m0/s1. The van der Waals surface area contributed by atoms with Gasteiger partial charge in [-0.15, -0.1) is 0 Å². The number of aromatic hydroxyl groups is 1. The van der Waals surface area contributed by atoms with Crippen molar-refractivity contribution in [3.05, 3.63) is 88.2 Å². The number of hydrogen-bond acceptors (Lipinski definition) is 14. The van der Waals surface area contributed by atoms with Crippen LogP contribution in [0.5, 0.6) is 17.2 Å². The number of nitriles is 1. The molecule has 2 heterocycles. The number of aryl methyl sites for hydroxylation is 2. The van der Waals surface area contributed by atoms with Gasteiger partial charge in [0.15, 0.2) is 17.3 Å².